The summed E-state index contributed by atoms with van der Waals surface area (Å²) < 4.78 is 48.4. The van der Waals surface area contributed by atoms with Gasteiger partial charge in [-0.2, -0.15) is 13.2 Å². The lowest BCUT2D eigenvalue weighted by Gasteiger charge is -2.21. The van der Waals surface area contributed by atoms with E-state index < -0.39 is 17.8 Å². The Balaban J connectivity index is 1.68. The number of aliphatic hydroxyl groups is 1. The Morgan fingerprint density at radius 3 is 2.62 bits per heavy atom. The molecule has 0 aromatic heterocycles. The molecule has 1 N–H and O–H groups in total. The average molecular weight is 347 g/mol. The van der Waals surface area contributed by atoms with Crippen molar-refractivity contribution in [2.45, 2.75) is 37.8 Å². The zero-order valence-electron chi connectivity index (χ0n) is 13.8. The first kappa shape index (κ1) is 19.2. The molecule has 1 aromatic carbocycles. The minimum absolute atomic E-state index is 0.127. The molecule has 2 rings (SSSR count). The largest absolute Gasteiger partial charge is 0.416 e. The molecule has 0 amide bonds. The smallest absolute Gasteiger partial charge is 0.389 e. The molecule has 0 saturated carbocycles. The predicted molar refractivity (Wildman–Crippen MR) is 83.6 cm³/mol. The number of rotatable bonds is 8. The summed E-state index contributed by atoms with van der Waals surface area (Å²) in [5, 5.41) is 9.97. The van der Waals surface area contributed by atoms with Gasteiger partial charge in [0.2, 0.25) is 0 Å². The van der Waals surface area contributed by atoms with Crippen LogP contribution in [0.3, 0.4) is 0 Å². The Bertz CT molecular complexity index is 487. The fraction of sp³-hybridized carbons (Fsp3) is 0.647. The molecule has 1 heterocycles. The summed E-state index contributed by atoms with van der Waals surface area (Å²) in [6, 6.07) is 5.06. The van der Waals surface area contributed by atoms with Crippen molar-refractivity contribution in [3.63, 3.8) is 0 Å². The molecule has 0 spiro atoms. The maximum atomic E-state index is 12.5. The van der Waals surface area contributed by atoms with Gasteiger partial charge < -0.3 is 14.6 Å². The molecule has 0 bridgehead atoms. The molecular weight excluding hydrogens is 323 g/mol. The van der Waals surface area contributed by atoms with E-state index >= 15 is 0 Å². The van der Waals surface area contributed by atoms with Gasteiger partial charge in [0.15, 0.2) is 0 Å². The number of benzene rings is 1. The van der Waals surface area contributed by atoms with Crippen LogP contribution in [0.15, 0.2) is 24.3 Å². The van der Waals surface area contributed by atoms with E-state index in [9.17, 15) is 18.3 Å². The quantitative estimate of drug-likeness (QED) is 0.785. The molecular formula is C17H24F3NO3. The van der Waals surface area contributed by atoms with Crippen LogP contribution in [0.2, 0.25) is 0 Å². The van der Waals surface area contributed by atoms with Crippen LogP contribution in [0.25, 0.3) is 0 Å². The molecule has 1 saturated heterocycles. The SMILES string of the molecule is CN(Cc1ccc(C(F)(F)F)cc1)CC(O)COCC1CCCO1. The standard InChI is InChI=1S/C17H24F3NO3/c1-21(9-13-4-6-14(7-5-13)17(18,19)20)10-15(22)11-23-12-16-3-2-8-24-16/h4-7,15-16,22H,2-3,8-12H2,1H3. The molecule has 0 aliphatic carbocycles. The van der Waals surface area contributed by atoms with Crippen molar-refractivity contribution in [3.8, 4) is 0 Å². The lowest BCUT2D eigenvalue weighted by molar-refractivity contribution is -0.137. The van der Waals surface area contributed by atoms with Crippen LogP contribution in [0.1, 0.15) is 24.0 Å². The summed E-state index contributed by atoms with van der Waals surface area (Å²) in [7, 11) is 1.81. The maximum absolute atomic E-state index is 12.5. The van der Waals surface area contributed by atoms with Gasteiger partial charge in [-0.15, -0.1) is 0 Å². The third-order valence-corrected chi connectivity index (χ3v) is 3.89. The average Bonchev–Trinajstić information content (AvgIpc) is 3.00. The van der Waals surface area contributed by atoms with Crippen LogP contribution in [-0.2, 0) is 22.2 Å². The highest BCUT2D eigenvalue weighted by molar-refractivity contribution is 5.24. The molecule has 4 nitrogen and oxygen atoms in total. The first-order chi connectivity index (χ1) is 11.3. The molecule has 24 heavy (non-hydrogen) atoms. The maximum Gasteiger partial charge on any atom is 0.416 e. The van der Waals surface area contributed by atoms with Gasteiger partial charge in [-0.25, -0.2) is 0 Å². The number of likely N-dealkylation sites (N-methyl/N-ethyl adjacent to an activating group) is 1. The van der Waals surface area contributed by atoms with E-state index in [1.54, 1.807) is 7.05 Å². The molecule has 1 aromatic rings. The van der Waals surface area contributed by atoms with Gasteiger partial charge in [0, 0.05) is 19.7 Å². The second-order valence-corrected chi connectivity index (χ2v) is 6.22. The fourth-order valence-electron chi connectivity index (χ4n) is 2.70. The summed E-state index contributed by atoms with van der Waals surface area (Å²) in [4.78, 5) is 1.85. The van der Waals surface area contributed by atoms with Gasteiger partial charge in [-0.1, -0.05) is 12.1 Å². The summed E-state index contributed by atoms with van der Waals surface area (Å²) in [5.41, 5.74) is 0.106. The predicted octanol–water partition coefficient (Wildman–Crippen LogP) is 2.69. The summed E-state index contributed by atoms with van der Waals surface area (Å²) in [5.74, 6) is 0. The Morgan fingerprint density at radius 2 is 2.04 bits per heavy atom. The van der Waals surface area contributed by atoms with Crippen molar-refractivity contribution in [1.82, 2.24) is 4.90 Å². The molecule has 2 unspecified atom stereocenters. The number of ether oxygens (including phenoxy) is 2. The molecule has 1 fully saturated rings. The normalized spacial score (nSPS) is 19.8. The number of alkyl halides is 3. The highest BCUT2D eigenvalue weighted by atomic mass is 19.4. The van der Waals surface area contributed by atoms with Gasteiger partial charge >= 0.3 is 6.18 Å². The Morgan fingerprint density at radius 1 is 1.33 bits per heavy atom. The van der Waals surface area contributed by atoms with Crippen LogP contribution in [0.5, 0.6) is 0 Å². The zero-order chi connectivity index (χ0) is 17.6. The lowest BCUT2D eigenvalue weighted by atomic mass is 10.1. The zero-order valence-corrected chi connectivity index (χ0v) is 13.8. The molecule has 0 radical (unpaired) electrons. The van der Waals surface area contributed by atoms with Crippen molar-refractivity contribution in [1.29, 1.82) is 0 Å². The van der Waals surface area contributed by atoms with E-state index in [1.165, 1.54) is 12.1 Å². The van der Waals surface area contributed by atoms with Crippen molar-refractivity contribution in [3.05, 3.63) is 35.4 Å². The molecule has 2 atom stereocenters. The van der Waals surface area contributed by atoms with Crippen LogP contribution >= 0.6 is 0 Å². The van der Waals surface area contributed by atoms with Crippen LogP contribution in [-0.4, -0.2) is 55.6 Å². The van der Waals surface area contributed by atoms with Gasteiger partial charge in [-0.05, 0) is 37.6 Å². The van der Waals surface area contributed by atoms with E-state index in [1.807, 2.05) is 4.90 Å². The second kappa shape index (κ2) is 8.80. The number of hydrogen-bond acceptors (Lipinski definition) is 4. The van der Waals surface area contributed by atoms with Crippen molar-refractivity contribution >= 4 is 0 Å². The number of halogens is 3. The minimum Gasteiger partial charge on any atom is -0.389 e. The van der Waals surface area contributed by atoms with Crippen molar-refractivity contribution in [2.24, 2.45) is 0 Å². The van der Waals surface area contributed by atoms with E-state index in [4.69, 9.17) is 9.47 Å². The summed E-state index contributed by atoms with van der Waals surface area (Å²) in [6.07, 6.45) is -2.80. The number of hydrogen-bond donors (Lipinski definition) is 1. The summed E-state index contributed by atoms with van der Waals surface area (Å²) >= 11 is 0. The minimum atomic E-state index is -4.32. The number of aliphatic hydroxyl groups excluding tert-OH is 1. The molecule has 1 aliphatic heterocycles. The first-order valence-corrected chi connectivity index (χ1v) is 8.06. The lowest BCUT2D eigenvalue weighted by Crippen LogP contribution is -2.32. The molecule has 7 heteroatoms. The molecule has 136 valence electrons. The van der Waals surface area contributed by atoms with Crippen LogP contribution in [0.4, 0.5) is 13.2 Å². The topological polar surface area (TPSA) is 41.9 Å². The van der Waals surface area contributed by atoms with E-state index in [-0.39, 0.29) is 12.7 Å². The molecule has 1 aliphatic rings. The fourth-order valence-corrected chi connectivity index (χ4v) is 2.70. The van der Waals surface area contributed by atoms with Gasteiger partial charge in [0.05, 0.1) is 31.0 Å². The monoisotopic (exact) mass is 347 g/mol. The van der Waals surface area contributed by atoms with Gasteiger partial charge in [0.1, 0.15) is 0 Å². The van der Waals surface area contributed by atoms with Crippen molar-refractivity contribution < 1.29 is 27.8 Å². The summed E-state index contributed by atoms with van der Waals surface area (Å²) in [6.45, 7) is 2.32. The van der Waals surface area contributed by atoms with E-state index in [0.29, 0.717) is 19.7 Å². The van der Waals surface area contributed by atoms with Crippen LogP contribution in [0, 0.1) is 0 Å². The van der Waals surface area contributed by atoms with Gasteiger partial charge in [0.25, 0.3) is 0 Å². The van der Waals surface area contributed by atoms with Gasteiger partial charge in [-0.3, -0.25) is 4.90 Å². The van der Waals surface area contributed by atoms with E-state index in [0.717, 1.165) is 37.1 Å². The van der Waals surface area contributed by atoms with Crippen LogP contribution < -0.4 is 0 Å². The first-order valence-electron chi connectivity index (χ1n) is 8.06. The highest BCUT2D eigenvalue weighted by Crippen LogP contribution is 2.29. The second-order valence-electron chi connectivity index (χ2n) is 6.22. The Labute approximate surface area is 140 Å². The third kappa shape index (κ3) is 6.39. The Hall–Kier alpha value is -1.15. The Kier molecular flexibility index (Phi) is 7.03. The highest BCUT2D eigenvalue weighted by Gasteiger charge is 2.29. The van der Waals surface area contributed by atoms with E-state index in [2.05, 4.69) is 0 Å². The van der Waals surface area contributed by atoms with Crippen molar-refractivity contribution in [2.75, 3.05) is 33.4 Å². The number of nitrogens with zero attached hydrogens (tertiary/aromatic N) is 1. The third-order valence-electron chi connectivity index (χ3n) is 3.89.